The van der Waals surface area contributed by atoms with Crippen LogP contribution in [0.4, 0.5) is 17.2 Å². The molecule has 334 valence electrons. The summed E-state index contributed by atoms with van der Waals surface area (Å²) in [4.78, 5) is 55.1. The number of H-pyrrole nitrogens is 4. The predicted octanol–water partition coefficient (Wildman–Crippen LogP) is 4.08. The molecule has 0 spiro atoms. The summed E-state index contributed by atoms with van der Waals surface area (Å²) in [5, 5.41) is 34.5. The number of aromatic amines is 4. The number of nitrogens with zero attached hydrogens (tertiary/aromatic N) is 9. The first kappa shape index (κ1) is 43.8. The lowest BCUT2D eigenvalue weighted by atomic mass is 10.2. The van der Waals surface area contributed by atoms with Gasteiger partial charge in [-0.2, -0.15) is 14.7 Å². The highest BCUT2D eigenvalue weighted by Gasteiger charge is 2.15. The number of aromatic nitrogens is 11. The van der Waals surface area contributed by atoms with Crippen molar-refractivity contribution in [3.63, 3.8) is 0 Å². The molecule has 7 aromatic heterocycles. The molecule has 0 saturated carbocycles. The minimum atomic E-state index is -1.47. The number of imidazole rings is 2. The van der Waals surface area contributed by atoms with Crippen molar-refractivity contribution >= 4 is 74.6 Å². The Hall–Kier alpha value is -8.46. The van der Waals surface area contributed by atoms with Crippen molar-refractivity contribution in [3.8, 4) is 11.8 Å². The molecule has 19 nitrogen and oxygen atoms in total. The predicted molar refractivity (Wildman–Crippen MR) is 251 cm³/mol. The molecule has 0 bridgehead atoms. The molecule has 0 fully saturated rings. The van der Waals surface area contributed by atoms with Gasteiger partial charge >= 0.3 is 11.4 Å². The normalized spacial score (nSPS) is 13.0. The number of halogens is 2. The molecule has 7 heterocycles. The fourth-order valence-electron chi connectivity index (χ4n) is 6.65. The van der Waals surface area contributed by atoms with Gasteiger partial charge in [-0.1, -0.05) is 65.7 Å². The number of hydrogen-bond donors (Lipinski definition) is 7. The van der Waals surface area contributed by atoms with Crippen LogP contribution in [0.2, 0.25) is 10.0 Å². The van der Waals surface area contributed by atoms with Crippen molar-refractivity contribution in [3.05, 3.63) is 203 Å². The smallest absolute Gasteiger partial charge is 0.326 e. The van der Waals surface area contributed by atoms with Gasteiger partial charge in [0.2, 0.25) is 11.8 Å². The topological polar surface area (TPSA) is 265 Å². The lowest BCUT2D eigenvalue weighted by molar-refractivity contribution is 0.454. The van der Waals surface area contributed by atoms with E-state index in [1.54, 1.807) is 77.7 Å². The van der Waals surface area contributed by atoms with E-state index >= 15 is 0 Å². The van der Waals surface area contributed by atoms with E-state index in [0.29, 0.717) is 65.8 Å². The van der Waals surface area contributed by atoms with Crippen LogP contribution in [0.1, 0.15) is 22.5 Å². The van der Waals surface area contributed by atoms with Crippen molar-refractivity contribution in [2.24, 2.45) is 9.98 Å². The molecule has 1 atom stereocenters. The van der Waals surface area contributed by atoms with Gasteiger partial charge in [0.05, 0.1) is 41.2 Å². The van der Waals surface area contributed by atoms with Gasteiger partial charge in [0.25, 0.3) is 0 Å². The molecule has 0 amide bonds. The van der Waals surface area contributed by atoms with Crippen LogP contribution >= 0.6 is 23.2 Å². The van der Waals surface area contributed by atoms with E-state index in [2.05, 4.69) is 55.4 Å². The SMILES string of the molecule is O=c1[nH]c(O)c(C=c2cnn3c(=NCc4ccncc4)cc(Nc4cccc(Cl)c4)nc23)[nH]1.O=c1[nH]c(O)c(C=c2cnn3c(S(=O)Cc4ccccc4)cc(=Nc4cccc(Cl)c4)nc23)[nH]1. The minimum Gasteiger partial charge on any atom is -0.493 e. The maximum absolute atomic E-state index is 13.4. The average molecular weight is 954 g/mol. The molecule has 0 aliphatic heterocycles. The lowest BCUT2D eigenvalue weighted by Gasteiger charge is -2.07. The number of nitrogens with one attached hydrogen (secondary N) is 5. The van der Waals surface area contributed by atoms with Gasteiger partial charge in [-0.3, -0.25) is 24.2 Å². The molecule has 22 heteroatoms. The molecule has 10 aromatic rings. The maximum atomic E-state index is 13.4. The third-order valence-corrected chi connectivity index (χ3v) is 11.5. The van der Waals surface area contributed by atoms with Crippen LogP contribution in [0.25, 0.3) is 23.4 Å². The molecule has 67 heavy (non-hydrogen) atoms. The van der Waals surface area contributed by atoms with E-state index in [0.717, 1.165) is 16.8 Å². The summed E-state index contributed by atoms with van der Waals surface area (Å²) < 4.78 is 16.4. The van der Waals surface area contributed by atoms with E-state index in [1.165, 1.54) is 16.8 Å². The molecule has 0 saturated heterocycles. The van der Waals surface area contributed by atoms with Gasteiger partial charge in [-0.05, 0) is 71.8 Å². The first-order valence-corrected chi connectivity index (χ1v) is 22.1. The summed E-state index contributed by atoms with van der Waals surface area (Å²) in [6, 6.07) is 30.9. The van der Waals surface area contributed by atoms with E-state index in [4.69, 9.17) is 28.2 Å². The van der Waals surface area contributed by atoms with Crippen LogP contribution in [-0.4, -0.2) is 68.5 Å². The summed E-state index contributed by atoms with van der Waals surface area (Å²) in [5.74, 6) is 0.230. The first-order chi connectivity index (χ1) is 32.5. The molecular weight excluding hydrogens is 920 g/mol. The zero-order valence-electron chi connectivity index (χ0n) is 34.5. The molecule has 0 aliphatic rings. The first-order valence-electron chi connectivity index (χ1n) is 20.0. The second-order valence-electron chi connectivity index (χ2n) is 14.5. The van der Waals surface area contributed by atoms with Gasteiger partial charge in [-0.15, -0.1) is 0 Å². The monoisotopic (exact) mass is 952 g/mol. The number of hydrogen-bond acceptors (Lipinski definition) is 13. The Morgan fingerprint density at radius 2 is 1.34 bits per heavy atom. The van der Waals surface area contributed by atoms with E-state index < -0.39 is 22.2 Å². The Morgan fingerprint density at radius 1 is 0.701 bits per heavy atom. The molecular formula is C45H34Cl2N14O5S. The van der Waals surface area contributed by atoms with E-state index in [9.17, 15) is 24.0 Å². The highest BCUT2D eigenvalue weighted by molar-refractivity contribution is 7.84. The van der Waals surface area contributed by atoms with E-state index in [-0.39, 0.29) is 28.9 Å². The number of rotatable bonds is 10. The van der Waals surface area contributed by atoms with Crippen LogP contribution in [0.3, 0.4) is 0 Å². The Labute approximate surface area is 388 Å². The zero-order valence-corrected chi connectivity index (χ0v) is 36.8. The second kappa shape index (κ2) is 19.3. The van der Waals surface area contributed by atoms with Gasteiger partial charge in [0.1, 0.15) is 22.2 Å². The number of pyridine rings is 1. The quantitative estimate of drug-likeness (QED) is 0.0961. The van der Waals surface area contributed by atoms with Crippen LogP contribution in [0, 0.1) is 0 Å². The summed E-state index contributed by atoms with van der Waals surface area (Å²) >= 11 is 12.2. The lowest BCUT2D eigenvalue weighted by Crippen LogP contribution is -2.19. The van der Waals surface area contributed by atoms with E-state index in [1.807, 2.05) is 54.6 Å². The van der Waals surface area contributed by atoms with Crippen molar-refractivity contribution < 1.29 is 14.4 Å². The van der Waals surface area contributed by atoms with Crippen LogP contribution < -0.4 is 38.1 Å². The largest absolute Gasteiger partial charge is 0.493 e. The molecule has 10 rings (SSSR count). The van der Waals surface area contributed by atoms with Crippen molar-refractivity contribution in [1.29, 1.82) is 0 Å². The summed E-state index contributed by atoms with van der Waals surface area (Å²) in [6.45, 7) is 0.420. The molecule has 0 aliphatic carbocycles. The van der Waals surface area contributed by atoms with Crippen molar-refractivity contribution in [1.82, 2.24) is 54.1 Å². The highest BCUT2D eigenvalue weighted by Crippen LogP contribution is 2.20. The average Bonchev–Trinajstić information content (AvgIpc) is 4.08. The van der Waals surface area contributed by atoms with Crippen LogP contribution in [-0.2, 0) is 23.1 Å². The molecule has 7 N–H and O–H groups in total. The second-order valence-corrected chi connectivity index (χ2v) is 16.7. The van der Waals surface area contributed by atoms with Crippen LogP contribution in [0.15, 0.2) is 153 Å². The fraction of sp³-hybridized carbons (Fsp3) is 0.0444. The highest BCUT2D eigenvalue weighted by atomic mass is 35.5. The maximum Gasteiger partial charge on any atom is 0.326 e. The number of aromatic hydroxyl groups is 2. The minimum absolute atomic E-state index is 0.172. The summed E-state index contributed by atoms with van der Waals surface area (Å²) in [7, 11) is -1.47. The molecule has 0 radical (unpaired) electrons. The number of benzene rings is 3. The zero-order chi connectivity index (χ0) is 46.4. The van der Waals surface area contributed by atoms with Crippen molar-refractivity contribution in [2.75, 3.05) is 5.32 Å². The summed E-state index contributed by atoms with van der Waals surface area (Å²) in [5.41, 5.74) is 4.30. The molecule has 1 unspecified atom stereocenters. The Balaban J connectivity index is 0.000000168. The fourth-order valence-corrected chi connectivity index (χ4v) is 8.23. The third-order valence-electron chi connectivity index (χ3n) is 9.70. The van der Waals surface area contributed by atoms with Crippen LogP contribution in [0.5, 0.6) is 11.8 Å². The Bertz CT molecular complexity index is 3830. The Kier molecular flexibility index (Phi) is 12.6. The molecule has 3 aromatic carbocycles. The number of fused-ring (bicyclic) bond motifs is 2. The Morgan fingerprint density at radius 3 is 1.99 bits per heavy atom. The van der Waals surface area contributed by atoms with Gasteiger partial charge in [0.15, 0.2) is 22.3 Å². The van der Waals surface area contributed by atoms with Gasteiger partial charge in [-0.25, -0.2) is 29.1 Å². The standard InChI is InChI=1S/C23H17ClN6O3S.C22H17ClN8O2/c24-16-7-4-8-17(10-16)26-19-11-20(34(33)13-14-5-2-1-3-6-14)30-21(28-19)15(12-25-30)9-18-22(31)29-23(32)27-18;23-15-2-1-3-16(9-15)27-18-10-19(25-11-13-4-6-24-7-5-13)31-20(29-18)14(12-26-31)8-17-21(32)30-22(33)28-17/h1-12,31H,13H2,(H2,27,29,32);1-10,12,27,32H,11H2,(H2,28,30,33). The summed E-state index contributed by atoms with van der Waals surface area (Å²) in [6.07, 6.45) is 9.63. The van der Waals surface area contributed by atoms with Gasteiger partial charge < -0.3 is 25.5 Å². The van der Waals surface area contributed by atoms with Gasteiger partial charge in [0, 0.05) is 50.7 Å². The number of anilines is 2. The van der Waals surface area contributed by atoms with Crippen molar-refractivity contribution in [2.45, 2.75) is 17.3 Å². The third kappa shape index (κ3) is 10.4.